The molecule has 1 aromatic carbocycles. The molecule has 0 fully saturated rings. The first-order valence-corrected chi connectivity index (χ1v) is 4.00. The molecule has 63 valence electrons. The molecule has 0 unspecified atom stereocenters. The number of rotatable bonds is 3. The molecule has 0 aliphatic rings. The van der Waals surface area contributed by atoms with Crippen LogP contribution in [-0.4, -0.2) is 14.2 Å². The molecular weight excluding hydrogens is 192 g/mol. The second kappa shape index (κ2) is 4.38. The van der Waals surface area contributed by atoms with E-state index in [1.807, 2.05) is 0 Å². The van der Waals surface area contributed by atoms with Crippen molar-refractivity contribution in [1.29, 1.82) is 0 Å². The van der Waals surface area contributed by atoms with Gasteiger partial charge in [-0.3, -0.25) is 0 Å². The van der Waals surface area contributed by atoms with Gasteiger partial charge in [-0.2, -0.15) is 0 Å². The zero-order valence-corrected chi connectivity index (χ0v) is 8.52. The molecule has 0 radical (unpaired) electrons. The van der Waals surface area contributed by atoms with Crippen molar-refractivity contribution in [3.8, 4) is 17.2 Å². The third kappa shape index (κ3) is 2.16. The Morgan fingerprint density at radius 1 is 0.917 bits per heavy atom. The van der Waals surface area contributed by atoms with Gasteiger partial charge in [0, 0.05) is 0 Å². The van der Waals surface area contributed by atoms with Gasteiger partial charge in [0.15, 0.2) is 0 Å². The predicted octanol–water partition coefficient (Wildman–Crippen LogP) is 1.54. The van der Waals surface area contributed by atoms with Gasteiger partial charge >= 0.3 is 83.3 Å². The Morgan fingerprint density at radius 3 is 1.67 bits per heavy atom. The molecule has 0 spiro atoms. The summed E-state index contributed by atoms with van der Waals surface area (Å²) in [6, 6.07) is 5.38. The topological polar surface area (TPSA) is 27.7 Å². The zero-order chi connectivity index (χ0) is 8.97. The standard InChI is InChI=1S/C8H10O3.Ti/c1-10-7-3-6(9)4-8(5-7)11-2;/h3-5,9H,1-2H3;/q;+1/p-1. The summed E-state index contributed by atoms with van der Waals surface area (Å²) in [6.07, 6.45) is 0. The Labute approximate surface area is 83.5 Å². The van der Waals surface area contributed by atoms with Crippen molar-refractivity contribution in [2.24, 2.45) is 0 Å². The molecule has 0 saturated heterocycles. The van der Waals surface area contributed by atoms with Gasteiger partial charge < -0.3 is 0 Å². The number of hydrogen-bond acceptors (Lipinski definition) is 3. The zero-order valence-electron chi connectivity index (χ0n) is 6.96. The van der Waals surface area contributed by atoms with Crippen LogP contribution in [0.4, 0.5) is 0 Å². The van der Waals surface area contributed by atoms with Crippen molar-refractivity contribution in [2.75, 3.05) is 14.2 Å². The Balaban J connectivity index is 3.01. The molecule has 1 rings (SSSR count). The molecule has 0 aromatic heterocycles. The monoisotopic (exact) mass is 201 g/mol. The fourth-order valence-corrected chi connectivity index (χ4v) is 1.02. The van der Waals surface area contributed by atoms with Gasteiger partial charge in [0.25, 0.3) is 0 Å². The predicted molar refractivity (Wildman–Crippen MR) is 40.2 cm³/mol. The van der Waals surface area contributed by atoms with Gasteiger partial charge in [0.05, 0.1) is 0 Å². The van der Waals surface area contributed by atoms with E-state index in [2.05, 4.69) is 0 Å². The van der Waals surface area contributed by atoms with Gasteiger partial charge in [-0.15, -0.1) is 0 Å². The molecule has 0 atom stereocenters. The number of methoxy groups -OCH3 is 2. The maximum atomic E-state index is 5.04. The van der Waals surface area contributed by atoms with Crippen LogP contribution in [0.1, 0.15) is 0 Å². The molecule has 0 saturated carbocycles. The molecule has 0 aliphatic heterocycles. The number of hydrogen-bond donors (Lipinski definition) is 0. The summed E-state index contributed by atoms with van der Waals surface area (Å²) in [5.74, 6) is 2.18. The van der Waals surface area contributed by atoms with E-state index in [1.54, 1.807) is 53.2 Å². The first kappa shape index (κ1) is 9.42. The van der Waals surface area contributed by atoms with E-state index in [-0.39, 0.29) is 0 Å². The summed E-state index contributed by atoms with van der Waals surface area (Å²) in [5, 5.41) is 0. The SMILES string of the molecule is COc1cc(OC)cc([O][Ti])c1. The fourth-order valence-electron chi connectivity index (χ4n) is 0.840. The molecule has 0 heterocycles. The summed E-state index contributed by atoms with van der Waals surface area (Å²) in [4.78, 5) is 0. The average molecular weight is 201 g/mol. The van der Waals surface area contributed by atoms with Crippen LogP contribution in [0.15, 0.2) is 18.2 Å². The molecule has 0 bridgehead atoms. The molecular formula is C8H9O3Ti. The number of benzene rings is 1. The minimum atomic E-state index is 0.728. The first-order chi connectivity index (χ1) is 5.80. The van der Waals surface area contributed by atoms with E-state index < -0.39 is 0 Å². The van der Waals surface area contributed by atoms with Crippen LogP contribution in [-0.2, 0) is 20.8 Å². The molecule has 0 N–H and O–H groups in total. The van der Waals surface area contributed by atoms with E-state index in [0.717, 1.165) is 17.2 Å². The molecule has 3 nitrogen and oxygen atoms in total. The van der Waals surface area contributed by atoms with Crippen molar-refractivity contribution in [3.05, 3.63) is 18.2 Å². The quantitative estimate of drug-likeness (QED) is 0.694. The van der Waals surface area contributed by atoms with Gasteiger partial charge in [-0.1, -0.05) is 0 Å². The van der Waals surface area contributed by atoms with Crippen LogP contribution >= 0.6 is 0 Å². The molecule has 4 heteroatoms. The summed E-state index contributed by atoms with van der Waals surface area (Å²) >= 11 is 1.61. The normalized spacial score (nSPS) is 9.08. The minimum absolute atomic E-state index is 0.728. The molecule has 0 aliphatic carbocycles. The third-order valence-electron chi connectivity index (χ3n) is 1.44. The van der Waals surface area contributed by atoms with Crippen molar-refractivity contribution in [1.82, 2.24) is 0 Å². The van der Waals surface area contributed by atoms with Crippen LogP contribution in [0.2, 0.25) is 0 Å². The van der Waals surface area contributed by atoms with Crippen LogP contribution in [0.5, 0.6) is 17.2 Å². The second-order valence-electron chi connectivity index (χ2n) is 2.15. The molecule has 12 heavy (non-hydrogen) atoms. The molecule has 0 amide bonds. The van der Waals surface area contributed by atoms with Crippen molar-refractivity contribution >= 4 is 0 Å². The van der Waals surface area contributed by atoms with Gasteiger partial charge in [-0.05, 0) is 0 Å². The van der Waals surface area contributed by atoms with Crippen LogP contribution in [0, 0.1) is 0 Å². The summed E-state index contributed by atoms with van der Waals surface area (Å²) in [7, 11) is 3.21. The summed E-state index contributed by atoms with van der Waals surface area (Å²) in [5.41, 5.74) is 0. The van der Waals surface area contributed by atoms with E-state index in [0.29, 0.717) is 0 Å². The third-order valence-corrected chi connectivity index (χ3v) is 1.81. The van der Waals surface area contributed by atoms with Crippen molar-refractivity contribution in [3.63, 3.8) is 0 Å². The van der Waals surface area contributed by atoms with Crippen LogP contribution in [0.3, 0.4) is 0 Å². The number of ether oxygens (including phenoxy) is 2. The maximum absolute atomic E-state index is 5.04. The van der Waals surface area contributed by atoms with Crippen molar-refractivity contribution < 1.29 is 33.6 Å². The summed E-state index contributed by atoms with van der Waals surface area (Å²) < 4.78 is 15.1. The Hall–Kier alpha value is -0.666. The van der Waals surface area contributed by atoms with E-state index in [4.69, 9.17) is 12.8 Å². The summed E-state index contributed by atoms with van der Waals surface area (Å²) in [6.45, 7) is 0. The van der Waals surface area contributed by atoms with Crippen molar-refractivity contribution in [2.45, 2.75) is 0 Å². The van der Waals surface area contributed by atoms with Crippen LogP contribution in [0.25, 0.3) is 0 Å². The van der Waals surface area contributed by atoms with Gasteiger partial charge in [-0.25, -0.2) is 0 Å². The second-order valence-corrected chi connectivity index (χ2v) is 2.47. The van der Waals surface area contributed by atoms with Crippen LogP contribution < -0.4 is 12.8 Å². The van der Waals surface area contributed by atoms with E-state index in [1.165, 1.54) is 0 Å². The average Bonchev–Trinajstić information content (AvgIpc) is 2.16. The Kier molecular flexibility index (Phi) is 3.44. The Morgan fingerprint density at radius 2 is 1.33 bits per heavy atom. The van der Waals surface area contributed by atoms with Gasteiger partial charge in [0.2, 0.25) is 0 Å². The van der Waals surface area contributed by atoms with E-state index >= 15 is 0 Å². The van der Waals surface area contributed by atoms with Gasteiger partial charge in [0.1, 0.15) is 0 Å². The molecule has 1 aromatic rings. The fraction of sp³-hybridized carbons (Fsp3) is 0.250. The van der Waals surface area contributed by atoms with E-state index in [9.17, 15) is 0 Å². The first-order valence-electron chi connectivity index (χ1n) is 3.37. The Bertz CT molecular complexity index is 207.